The molecule has 21 heavy (non-hydrogen) atoms. The first-order valence-electron chi connectivity index (χ1n) is 5.77. The summed E-state index contributed by atoms with van der Waals surface area (Å²) in [6.07, 6.45) is 0. The number of nitrogens with one attached hydrogen (secondary N) is 1. The number of hydrogen-bond donors (Lipinski definition) is 3. The number of carbonyl (C=O) groups excluding carboxylic acids is 1. The highest BCUT2D eigenvalue weighted by Crippen LogP contribution is 2.22. The van der Waals surface area contributed by atoms with Crippen molar-refractivity contribution in [2.24, 2.45) is 0 Å². The number of rotatable bonds is 3. The number of amides is 1. The number of benzene rings is 2. The van der Waals surface area contributed by atoms with E-state index in [4.69, 9.17) is 10.8 Å². The number of nitrogen functional groups attached to an aromatic ring is 1. The molecule has 0 radical (unpaired) electrons. The lowest BCUT2D eigenvalue weighted by Gasteiger charge is -2.08. The van der Waals surface area contributed by atoms with E-state index in [9.17, 15) is 14.0 Å². The van der Waals surface area contributed by atoms with Crippen LogP contribution in [0.5, 0.6) is 0 Å². The Balaban J connectivity index is 2.28. The smallest absolute Gasteiger partial charge is 0.335 e. The Morgan fingerprint density at radius 1 is 1.14 bits per heavy atom. The second-order valence-corrected chi connectivity index (χ2v) is 5.04. The third-order valence-electron chi connectivity index (χ3n) is 2.72. The van der Waals surface area contributed by atoms with Crippen LogP contribution in [-0.2, 0) is 0 Å². The Hall–Kier alpha value is -2.41. The summed E-state index contributed by atoms with van der Waals surface area (Å²) in [6, 6.07) is 7.66. The van der Waals surface area contributed by atoms with Gasteiger partial charge in [-0.15, -0.1) is 0 Å². The summed E-state index contributed by atoms with van der Waals surface area (Å²) < 4.78 is 14.2. The molecule has 0 aromatic heterocycles. The van der Waals surface area contributed by atoms with Crippen LogP contribution in [0.1, 0.15) is 20.7 Å². The van der Waals surface area contributed by atoms with Crippen LogP contribution in [0.3, 0.4) is 0 Å². The summed E-state index contributed by atoms with van der Waals surface area (Å²) in [5.74, 6) is -2.50. The monoisotopic (exact) mass is 352 g/mol. The van der Waals surface area contributed by atoms with Gasteiger partial charge in [0, 0.05) is 15.7 Å². The first-order chi connectivity index (χ1) is 9.88. The molecule has 0 aliphatic heterocycles. The molecule has 2 aromatic rings. The molecular formula is C14H10BrFN2O3. The minimum atomic E-state index is -1.21. The number of carboxylic acid groups (broad SMARTS) is 1. The number of anilines is 2. The first-order valence-corrected chi connectivity index (χ1v) is 6.57. The van der Waals surface area contributed by atoms with Crippen molar-refractivity contribution in [1.29, 1.82) is 0 Å². The first kappa shape index (κ1) is 15.0. The number of aromatic carboxylic acids is 1. The molecule has 0 heterocycles. The second-order valence-electron chi connectivity index (χ2n) is 4.19. The van der Waals surface area contributed by atoms with Gasteiger partial charge in [-0.05, 0) is 52.3 Å². The van der Waals surface area contributed by atoms with E-state index in [0.29, 0.717) is 10.2 Å². The molecule has 7 heteroatoms. The van der Waals surface area contributed by atoms with Crippen molar-refractivity contribution >= 4 is 39.2 Å². The van der Waals surface area contributed by atoms with Crippen molar-refractivity contribution in [1.82, 2.24) is 0 Å². The van der Waals surface area contributed by atoms with Gasteiger partial charge in [0.05, 0.1) is 11.3 Å². The molecule has 2 rings (SSSR count). The largest absolute Gasteiger partial charge is 0.478 e. The fraction of sp³-hybridized carbons (Fsp3) is 0. The highest BCUT2D eigenvalue weighted by Gasteiger charge is 2.13. The SMILES string of the molecule is Nc1ccc(C(=O)Nc2cc(C(=O)O)ccc2F)cc1Br. The van der Waals surface area contributed by atoms with Crippen molar-refractivity contribution in [3.05, 3.63) is 57.8 Å². The van der Waals surface area contributed by atoms with E-state index in [1.165, 1.54) is 18.2 Å². The fourth-order valence-corrected chi connectivity index (χ4v) is 2.00. The van der Waals surface area contributed by atoms with E-state index in [0.717, 1.165) is 18.2 Å². The van der Waals surface area contributed by atoms with Crippen LogP contribution in [0, 0.1) is 5.82 Å². The average Bonchev–Trinajstić information content (AvgIpc) is 2.43. The topological polar surface area (TPSA) is 92.4 Å². The number of halogens is 2. The van der Waals surface area contributed by atoms with Crippen LogP contribution in [0.15, 0.2) is 40.9 Å². The zero-order valence-electron chi connectivity index (χ0n) is 10.6. The van der Waals surface area contributed by atoms with E-state index in [1.54, 1.807) is 0 Å². The van der Waals surface area contributed by atoms with Crippen LogP contribution in [0.25, 0.3) is 0 Å². The number of nitrogens with two attached hydrogens (primary N) is 1. The van der Waals surface area contributed by atoms with Crippen LogP contribution in [-0.4, -0.2) is 17.0 Å². The van der Waals surface area contributed by atoms with Crippen molar-refractivity contribution in [3.8, 4) is 0 Å². The zero-order valence-corrected chi connectivity index (χ0v) is 12.1. The summed E-state index contributed by atoms with van der Waals surface area (Å²) >= 11 is 3.19. The van der Waals surface area contributed by atoms with Crippen molar-refractivity contribution in [3.63, 3.8) is 0 Å². The molecule has 0 saturated heterocycles. The second kappa shape index (κ2) is 5.92. The standard InChI is InChI=1S/C14H10BrFN2O3/c15-9-5-7(2-4-11(9)17)13(19)18-12-6-8(14(20)21)1-3-10(12)16/h1-6H,17H2,(H,18,19)(H,20,21). The summed E-state index contributed by atoms with van der Waals surface area (Å²) in [5, 5.41) is 11.2. The van der Waals surface area contributed by atoms with E-state index in [1.807, 2.05) is 0 Å². The molecule has 0 aliphatic carbocycles. The Morgan fingerprint density at radius 2 is 1.81 bits per heavy atom. The molecule has 2 aromatic carbocycles. The molecule has 0 spiro atoms. The summed E-state index contributed by atoms with van der Waals surface area (Å²) in [7, 11) is 0. The van der Waals surface area contributed by atoms with Crippen LogP contribution in [0.4, 0.5) is 15.8 Å². The van der Waals surface area contributed by atoms with Gasteiger partial charge < -0.3 is 16.2 Å². The fourth-order valence-electron chi connectivity index (χ4n) is 1.62. The number of carboxylic acids is 1. The Labute approximate surface area is 127 Å². The van der Waals surface area contributed by atoms with Gasteiger partial charge in [0.25, 0.3) is 5.91 Å². The van der Waals surface area contributed by atoms with Crippen LogP contribution in [0.2, 0.25) is 0 Å². The van der Waals surface area contributed by atoms with E-state index in [2.05, 4.69) is 21.2 Å². The summed E-state index contributed by atoms with van der Waals surface area (Å²) in [5.41, 5.74) is 6.02. The van der Waals surface area contributed by atoms with Crippen LogP contribution < -0.4 is 11.1 Å². The Bertz CT molecular complexity index is 734. The average molecular weight is 353 g/mol. The third kappa shape index (κ3) is 3.38. The third-order valence-corrected chi connectivity index (χ3v) is 3.41. The molecule has 0 fully saturated rings. The van der Waals surface area contributed by atoms with E-state index in [-0.39, 0.29) is 16.8 Å². The Kier molecular flexibility index (Phi) is 4.23. The lowest BCUT2D eigenvalue weighted by atomic mass is 10.1. The molecule has 4 N–H and O–H groups in total. The maximum Gasteiger partial charge on any atom is 0.335 e. The normalized spacial score (nSPS) is 10.2. The lowest BCUT2D eigenvalue weighted by molar-refractivity contribution is 0.0696. The van der Waals surface area contributed by atoms with Gasteiger partial charge in [0.15, 0.2) is 0 Å². The minimum Gasteiger partial charge on any atom is -0.478 e. The van der Waals surface area contributed by atoms with Gasteiger partial charge in [-0.3, -0.25) is 4.79 Å². The quantitative estimate of drug-likeness (QED) is 0.740. The summed E-state index contributed by atoms with van der Waals surface area (Å²) in [6.45, 7) is 0. The van der Waals surface area contributed by atoms with Crippen molar-refractivity contribution < 1.29 is 19.1 Å². The molecule has 0 saturated carbocycles. The molecule has 1 amide bonds. The van der Waals surface area contributed by atoms with Gasteiger partial charge >= 0.3 is 5.97 Å². The maximum absolute atomic E-state index is 13.6. The van der Waals surface area contributed by atoms with Crippen molar-refractivity contribution in [2.75, 3.05) is 11.1 Å². The lowest BCUT2D eigenvalue weighted by Crippen LogP contribution is -2.14. The minimum absolute atomic E-state index is 0.120. The molecule has 5 nitrogen and oxygen atoms in total. The molecule has 108 valence electrons. The molecule has 0 bridgehead atoms. The maximum atomic E-state index is 13.6. The Morgan fingerprint density at radius 3 is 2.43 bits per heavy atom. The molecule has 0 aliphatic rings. The number of carbonyl (C=O) groups is 2. The zero-order chi connectivity index (χ0) is 15.6. The molecule has 0 atom stereocenters. The molecular weight excluding hydrogens is 343 g/mol. The predicted octanol–water partition coefficient (Wildman–Crippen LogP) is 3.12. The van der Waals surface area contributed by atoms with Gasteiger partial charge in [0.1, 0.15) is 5.82 Å². The number of hydrogen-bond acceptors (Lipinski definition) is 3. The van der Waals surface area contributed by atoms with E-state index < -0.39 is 17.7 Å². The van der Waals surface area contributed by atoms with Gasteiger partial charge in [-0.2, -0.15) is 0 Å². The van der Waals surface area contributed by atoms with Crippen molar-refractivity contribution in [2.45, 2.75) is 0 Å². The highest BCUT2D eigenvalue weighted by atomic mass is 79.9. The highest BCUT2D eigenvalue weighted by molar-refractivity contribution is 9.10. The van der Waals surface area contributed by atoms with Gasteiger partial charge in [-0.1, -0.05) is 0 Å². The van der Waals surface area contributed by atoms with E-state index >= 15 is 0 Å². The summed E-state index contributed by atoms with van der Waals surface area (Å²) in [4.78, 5) is 22.9. The predicted molar refractivity (Wildman–Crippen MR) is 79.9 cm³/mol. The molecule has 0 unspecified atom stereocenters. The van der Waals surface area contributed by atoms with Gasteiger partial charge in [0.2, 0.25) is 0 Å². The van der Waals surface area contributed by atoms with Gasteiger partial charge in [-0.25, -0.2) is 9.18 Å². The van der Waals surface area contributed by atoms with Crippen LogP contribution >= 0.6 is 15.9 Å².